The molecule has 0 aliphatic carbocycles. The molecule has 2 aromatic carbocycles. The van der Waals surface area contributed by atoms with Gasteiger partial charge in [-0.25, -0.2) is 4.57 Å². The molecule has 24 heavy (non-hydrogen) atoms. The van der Waals surface area contributed by atoms with Gasteiger partial charge in [0, 0.05) is 25.3 Å². The summed E-state index contributed by atoms with van der Waals surface area (Å²) in [5, 5.41) is 0. The summed E-state index contributed by atoms with van der Waals surface area (Å²) in [6, 6.07) is 15.4. The summed E-state index contributed by atoms with van der Waals surface area (Å²) < 4.78 is 32.8. The molecular weight excluding hydrogens is 331 g/mol. The number of hydrogen-bond acceptors (Lipinski definition) is 6. The summed E-state index contributed by atoms with van der Waals surface area (Å²) >= 11 is 0. The molecule has 0 bridgehead atoms. The topological polar surface area (TPSA) is 71.1 Å². The van der Waals surface area contributed by atoms with Crippen LogP contribution in [0.1, 0.15) is 22.0 Å². The molecule has 2 rings (SSSR count). The Labute approximate surface area is 140 Å². The van der Waals surface area contributed by atoms with Gasteiger partial charge in [-0.2, -0.15) is 0 Å². The van der Waals surface area contributed by atoms with E-state index in [4.69, 9.17) is 18.3 Å². The van der Waals surface area contributed by atoms with Gasteiger partial charge in [0.25, 0.3) is 0 Å². The molecule has 0 radical (unpaired) electrons. The highest BCUT2D eigenvalue weighted by Gasteiger charge is 2.35. The van der Waals surface area contributed by atoms with Gasteiger partial charge in [-0.1, -0.05) is 48.5 Å². The Balaban J connectivity index is 2.49. The number of para-hydroxylation sites is 1. The molecule has 128 valence electrons. The summed E-state index contributed by atoms with van der Waals surface area (Å²) in [7, 11) is -0.0205. The highest BCUT2D eigenvalue weighted by atomic mass is 31.2. The third-order valence-electron chi connectivity index (χ3n) is 3.40. The maximum Gasteiger partial charge on any atom is 0.475 e. The minimum Gasteiger partial charge on any atom is -0.496 e. The zero-order valence-corrected chi connectivity index (χ0v) is 14.6. The van der Waals surface area contributed by atoms with Crippen molar-refractivity contribution in [3.8, 4) is 5.75 Å². The van der Waals surface area contributed by atoms with Gasteiger partial charge >= 0.3 is 7.82 Å². The van der Waals surface area contributed by atoms with Gasteiger partial charge in [-0.05, 0) is 6.07 Å². The van der Waals surface area contributed by atoms with Crippen molar-refractivity contribution in [3.63, 3.8) is 0 Å². The Bertz CT molecular complexity index is 723. The second-order valence-electron chi connectivity index (χ2n) is 4.77. The second-order valence-corrected chi connectivity index (χ2v) is 6.61. The van der Waals surface area contributed by atoms with Gasteiger partial charge < -0.3 is 4.74 Å². The van der Waals surface area contributed by atoms with E-state index < -0.39 is 13.9 Å². The molecule has 7 heteroatoms. The van der Waals surface area contributed by atoms with Crippen molar-refractivity contribution in [2.45, 2.75) is 6.10 Å². The Morgan fingerprint density at radius 1 is 0.917 bits per heavy atom. The standard InChI is InChI=1S/C17H19O6P/c1-20-15-12-8-7-11-14(15)17(23-24(19,21-2)22-3)16(18)13-9-5-4-6-10-13/h4-12,17H,1-3H3. The average Bonchev–Trinajstić information content (AvgIpc) is 2.66. The van der Waals surface area contributed by atoms with E-state index in [1.54, 1.807) is 54.6 Å². The molecule has 2 aromatic rings. The number of methoxy groups -OCH3 is 1. The van der Waals surface area contributed by atoms with E-state index in [9.17, 15) is 9.36 Å². The van der Waals surface area contributed by atoms with Gasteiger partial charge in [0.2, 0.25) is 0 Å². The van der Waals surface area contributed by atoms with Crippen LogP contribution in [0, 0.1) is 0 Å². The van der Waals surface area contributed by atoms with Crippen molar-refractivity contribution in [1.82, 2.24) is 0 Å². The van der Waals surface area contributed by atoms with Gasteiger partial charge in [0.1, 0.15) is 5.75 Å². The SMILES string of the molecule is COc1ccccc1C(OP(=O)(OC)OC)C(=O)c1ccccc1. The largest absolute Gasteiger partial charge is 0.496 e. The molecule has 6 nitrogen and oxygen atoms in total. The number of carbonyl (C=O) groups excluding carboxylic acids is 1. The molecule has 0 heterocycles. The number of carbonyl (C=O) groups is 1. The molecule has 0 aliphatic rings. The number of rotatable bonds is 8. The van der Waals surface area contributed by atoms with Crippen molar-refractivity contribution >= 4 is 13.6 Å². The normalized spacial score (nSPS) is 12.6. The fourth-order valence-corrected chi connectivity index (χ4v) is 2.96. The summed E-state index contributed by atoms with van der Waals surface area (Å²) in [6.45, 7) is 0. The van der Waals surface area contributed by atoms with Crippen LogP contribution in [0.3, 0.4) is 0 Å². The minimum absolute atomic E-state index is 0.380. The second kappa shape index (κ2) is 8.22. The highest BCUT2D eigenvalue weighted by Crippen LogP contribution is 2.52. The van der Waals surface area contributed by atoms with Gasteiger partial charge in [0.15, 0.2) is 11.9 Å². The Kier molecular flexibility index (Phi) is 6.29. The molecular formula is C17H19O6P. The predicted molar refractivity (Wildman–Crippen MR) is 89.2 cm³/mol. The Morgan fingerprint density at radius 2 is 1.50 bits per heavy atom. The first-order chi connectivity index (χ1) is 11.5. The van der Waals surface area contributed by atoms with E-state index >= 15 is 0 Å². The molecule has 0 N–H and O–H groups in total. The first-order valence-corrected chi connectivity index (χ1v) is 8.62. The molecule has 0 fully saturated rings. The summed E-state index contributed by atoms with van der Waals surface area (Å²) in [6.07, 6.45) is -1.20. The Hall–Kier alpha value is -1.98. The van der Waals surface area contributed by atoms with Crippen LogP contribution < -0.4 is 4.74 Å². The smallest absolute Gasteiger partial charge is 0.475 e. The molecule has 0 saturated carbocycles. The first kappa shape index (κ1) is 18.4. The third kappa shape index (κ3) is 4.10. The molecule has 1 atom stereocenters. The van der Waals surface area contributed by atoms with Crippen molar-refractivity contribution < 1.29 is 27.7 Å². The van der Waals surface area contributed by atoms with E-state index in [1.807, 2.05) is 0 Å². The van der Waals surface area contributed by atoms with Gasteiger partial charge in [-0.15, -0.1) is 0 Å². The van der Waals surface area contributed by atoms with Gasteiger partial charge in [-0.3, -0.25) is 18.4 Å². The van der Waals surface area contributed by atoms with Crippen LogP contribution in [0.2, 0.25) is 0 Å². The van der Waals surface area contributed by atoms with E-state index in [1.165, 1.54) is 21.3 Å². The van der Waals surface area contributed by atoms with Crippen LogP contribution in [-0.4, -0.2) is 27.1 Å². The molecule has 0 spiro atoms. The predicted octanol–water partition coefficient (Wildman–Crippen LogP) is 4.04. The molecule has 0 aromatic heterocycles. The van der Waals surface area contributed by atoms with E-state index in [-0.39, 0.29) is 5.78 Å². The van der Waals surface area contributed by atoms with Crippen LogP contribution in [-0.2, 0) is 18.1 Å². The van der Waals surface area contributed by atoms with Crippen LogP contribution in [0.5, 0.6) is 5.75 Å². The number of ether oxygens (including phenoxy) is 1. The van der Waals surface area contributed by atoms with Crippen LogP contribution >= 0.6 is 7.82 Å². The molecule has 0 amide bonds. The Morgan fingerprint density at radius 3 is 2.08 bits per heavy atom. The van der Waals surface area contributed by atoms with Crippen molar-refractivity contribution in [2.24, 2.45) is 0 Å². The van der Waals surface area contributed by atoms with Crippen molar-refractivity contribution in [1.29, 1.82) is 0 Å². The third-order valence-corrected chi connectivity index (χ3v) is 4.76. The van der Waals surface area contributed by atoms with Gasteiger partial charge in [0.05, 0.1) is 7.11 Å². The molecule has 0 aliphatic heterocycles. The summed E-state index contributed by atoms with van der Waals surface area (Å²) in [4.78, 5) is 12.9. The summed E-state index contributed by atoms with van der Waals surface area (Å²) in [5.41, 5.74) is 0.843. The molecule has 0 saturated heterocycles. The maximum absolute atomic E-state index is 12.9. The first-order valence-electron chi connectivity index (χ1n) is 7.16. The zero-order valence-electron chi connectivity index (χ0n) is 13.7. The number of Topliss-reactive ketones (excluding diaryl/α,β-unsaturated/α-hetero) is 1. The number of phosphoric ester groups is 1. The van der Waals surface area contributed by atoms with E-state index in [0.717, 1.165) is 0 Å². The minimum atomic E-state index is -3.88. The van der Waals surface area contributed by atoms with Crippen LogP contribution in [0.25, 0.3) is 0 Å². The van der Waals surface area contributed by atoms with Crippen molar-refractivity contribution in [3.05, 3.63) is 65.7 Å². The van der Waals surface area contributed by atoms with E-state index in [2.05, 4.69) is 0 Å². The molecule has 1 unspecified atom stereocenters. The monoisotopic (exact) mass is 350 g/mol. The fraction of sp³-hybridized carbons (Fsp3) is 0.235. The van der Waals surface area contributed by atoms with Crippen LogP contribution in [0.4, 0.5) is 0 Å². The highest BCUT2D eigenvalue weighted by molar-refractivity contribution is 7.48. The van der Waals surface area contributed by atoms with Crippen molar-refractivity contribution in [2.75, 3.05) is 21.3 Å². The zero-order chi connectivity index (χ0) is 17.6. The average molecular weight is 350 g/mol. The number of hydrogen-bond donors (Lipinski definition) is 0. The van der Waals surface area contributed by atoms with E-state index in [0.29, 0.717) is 16.9 Å². The lowest BCUT2D eigenvalue weighted by molar-refractivity contribution is 0.0652. The maximum atomic E-state index is 12.9. The summed E-state index contributed by atoms with van der Waals surface area (Å²) in [5.74, 6) is 0.0555. The van der Waals surface area contributed by atoms with Crippen LogP contribution in [0.15, 0.2) is 54.6 Å². The lowest BCUT2D eigenvalue weighted by Crippen LogP contribution is -2.17. The fourth-order valence-electron chi connectivity index (χ4n) is 2.17. The number of benzene rings is 2. The lowest BCUT2D eigenvalue weighted by Gasteiger charge is -2.22. The quantitative estimate of drug-likeness (QED) is 0.529. The lowest BCUT2D eigenvalue weighted by atomic mass is 9.99. The number of ketones is 1. The number of phosphoric acid groups is 1.